The van der Waals surface area contributed by atoms with Crippen LogP contribution in [0, 0.1) is 6.92 Å². The molecule has 21 heavy (non-hydrogen) atoms. The SMILES string of the molecule is COc1cc(C)c(N)cc1S(=O)(=O)NC1CCCC1OC. The lowest BCUT2D eigenvalue weighted by atomic mass is 10.2. The largest absolute Gasteiger partial charge is 0.495 e. The second-order valence-electron chi connectivity index (χ2n) is 5.29. The van der Waals surface area contributed by atoms with Gasteiger partial charge in [-0.25, -0.2) is 13.1 Å². The zero-order valence-corrected chi connectivity index (χ0v) is 13.4. The van der Waals surface area contributed by atoms with E-state index in [-0.39, 0.29) is 17.0 Å². The summed E-state index contributed by atoms with van der Waals surface area (Å²) in [7, 11) is -0.663. The Morgan fingerprint density at radius 1 is 1.29 bits per heavy atom. The van der Waals surface area contributed by atoms with Crippen LogP contribution in [0.4, 0.5) is 5.69 Å². The number of hydrogen-bond acceptors (Lipinski definition) is 5. The van der Waals surface area contributed by atoms with Crippen LogP contribution >= 0.6 is 0 Å². The van der Waals surface area contributed by atoms with Crippen molar-refractivity contribution in [2.45, 2.75) is 43.2 Å². The van der Waals surface area contributed by atoms with Gasteiger partial charge in [-0.05, 0) is 43.9 Å². The second kappa shape index (κ2) is 6.21. The minimum atomic E-state index is -3.70. The van der Waals surface area contributed by atoms with Crippen LogP contribution in [-0.2, 0) is 14.8 Å². The normalized spacial score (nSPS) is 22.4. The van der Waals surface area contributed by atoms with Gasteiger partial charge in [-0.15, -0.1) is 0 Å². The van der Waals surface area contributed by atoms with Crippen LogP contribution in [0.15, 0.2) is 17.0 Å². The number of sulfonamides is 1. The van der Waals surface area contributed by atoms with E-state index in [1.165, 1.54) is 13.2 Å². The first-order chi connectivity index (χ1) is 9.89. The van der Waals surface area contributed by atoms with Crippen LogP contribution in [-0.4, -0.2) is 34.8 Å². The molecule has 0 heterocycles. The fourth-order valence-electron chi connectivity index (χ4n) is 2.65. The molecule has 0 amide bonds. The molecule has 1 aliphatic rings. The maximum absolute atomic E-state index is 12.6. The Balaban J connectivity index is 2.33. The fourth-order valence-corrected chi connectivity index (χ4v) is 4.14. The third-order valence-corrected chi connectivity index (χ3v) is 5.41. The summed E-state index contributed by atoms with van der Waals surface area (Å²) in [6.07, 6.45) is 2.48. The summed E-state index contributed by atoms with van der Waals surface area (Å²) in [6, 6.07) is 2.85. The van der Waals surface area contributed by atoms with Gasteiger partial charge in [0.15, 0.2) is 0 Å². The van der Waals surface area contributed by atoms with Crippen molar-refractivity contribution in [1.82, 2.24) is 4.72 Å². The summed E-state index contributed by atoms with van der Waals surface area (Å²) in [6.45, 7) is 1.81. The number of rotatable bonds is 5. The number of hydrogen-bond donors (Lipinski definition) is 2. The number of nitrogen functional groups attached to an aromatic ring is 1. The molecule has 0 aromatic heterocycles. The lowest BCUT2D eigenvalue weighted by molar-refractivity contribution is 0.0916. The van der Waals surface area contributed by atoms with Gasteiger partial charge in [0.25, 0.3) is 0 Å². The molecule has 2 atom stereocenters. The van der Waals surface area contributed by atoms with Crippen LogP contribution < -0.4 is 15.2 Å². The highest BCUT2D eigenvalue weighted by molar-refractivity contribution is 7.89. The Morgan fingerprint density at radius 3 is 2.62 bits per heavy atom. The fraction of sp³-hybridized carbons (Fsp3) is 0.571. The van der Waals surface area contributed by atoms with Crippen molar-refractivity contribution in [2.75, 3.05) is 20.0 Å². The predicted octanol–water partition coefficient (Wildman–Crippen LogP) is 1.43. The van der Waals surface area contributed by atoms with E-state index in [0.717, 1.165) is 24.8 Å². The van der Waals surface area contributed by atoms with E-state index in [1.54, 1.807) is 20.1 Å². The molecule has 2 rings (SSSR count). The summed E-state index contributed by atoms with van der Waals surface area (Å²) in [5, 5.41) is 0. The standard InChI is InChI=1S/C14H22N2O4S/c1-9-7-13(20-3)14(8-10(9)15)21(17,18)16-11-5-4-6-12(11)19-2/h7-8,11-12,16H,4-6,15H2,1-3H3. The Hall–Kier alpha value is -1.31. The van der Waals surface area contributed by atoms with E-state index >= 15 is 0 Å². The first-order valence-electron chi connectivity index (χ1n) is 6.88. The van der Waals surface area contributed by atoms with Crippen LogP contribution in [0.2, 0.25) is 0 Å². The number of nitrogens with one attached hydrogen (secondary N) is 1. The molecular formula is C14H22N2O4S. The first-order valence-corrected chi connectivity index (χ1v) is 8.36. The maximum Gasteiger partial charge on any atom is 0.244 e. The predicted molar refractivity (Wildman–Crippen MR) is 80.9 cm³/mol. The highest BCUT2D eigenvalue weighted by Gasteiger charge is 2.32. The molecule has 0 saturated heterocycles. The number of methoxy groups -OCH3 is 2. The zero-order chi connectivity index (χ0) is 15.6. The second-order valence-corrected chi connectivity index (χ2v) is 6.97. The molecule has 7 heteroatoms. The van der Waals surface area contributed by atoms with Gasteiger partial charge in [0.1, 0.15) is 10.6 Å². The highest BCUT2D eigenvalue weighted by atomic mass is 32.2. The molecule has 0 aliphatic heterocycles. The number of nitrogens with two attached hydrogens (primary N) is 1. The van der Waals surface area contributed by atoms with E-state index in [2.05, 4.69) is 4.72 Å². The van der Waals surface area contributed by atoms with E-state index < -0.39 is 10.0 Å². The smallest absolute Gasteiger partial charge is 0.244 e. The van der Waals surface area contributed by atoms with Gasteiger partial charge in [0.2, 0.25) is 10.0 Å². The monoisotopic (exact) mass is 314 g/mol. The van der Waals surface area contributed by atoms with Gasteiger partial charge in [0, 0.05) is 18.8 Å². The third-order valence-electron chi connectivity index (χ3n) is 3.90. The molecule has 1 aromatic rings. The summed E-state index contributed by atoms with van der Waals surface area (Å²) >= 11 is 0. The lowest BCUT2D eigenvalue weighted by Crippen LogP contribution is -2.40. The number of anilines is 1. The maximum atomic E-state index is 12.6. The summed E-state index contributed by atoms with van der Waals surface area (Å²) in [4.78, 5) is 0.0647. The van der Waals surface area contributed by atoms with E-state index in [0.29, 0.717) is 11.4 Å². The summed E-state index contributed by atoms with van der Waals surface area (Å²) < 4.78 is 38.4. The molecule has 1 fully saturated rings. The van der Waals surface area contributed by atoms with Gasteiger partial charge in [-0.2, -0.15) is 0 Å². The van der Waals surface area contributed by atoms with Crippen molar-refractivity contribution in [2.24, 2.45) is 0 Å². The van der Waals surface area contributed by atoms with Gasteiger partial charge in [-0.3, -0.25) is 0 Å². The van der Waals surface area contributed by atoms with Crippen molar-refractivity contribution in [1.29, 1.82) is 0 Å². The molecule has 3 N–H and O–H groups in total. The van der Waals surface area contributed by atoms with Crippen LogP contribution in [0.25, 0.3) is 0 Å². The molecule has 1 aromatic carbocycles. The van der Waals surface area contributed by atoms with Crippen molar-refractivity contribution in [3.05, 3.63) is 17.7 Å². The minimum absolute atomic E-state index is 0.0647. The van der Waals surface area contributed by atoms with Gasteiger partial charge >= 0.3 is 0 Å². The Bertz CT molecular complexity index is 616. The molecule has 0 spiro atoms. The van der Waals surface area contributed by atoms with Gasteiger partial charge in [0.05, 0.1) is 13.2 Å². The minimum Gasteiger partial charge on any atom is -0.495 e. The first kappa shape index (κ1) is 16.1. The molecular weight excluding hydrogens is 292 g/mol. The summed E-state index contributed by atoms with van der Waals surface area (Å²) in [5.41, 5.74) is 7.03. The Kier molecular flexibility index (Phi) is 4.75. The zero-order valence-electron chi connectivity index (χ0n) is 12.5. The quantitative estimate of drug-likeness (QED) is 0.802. The van der Waals surface area contributed by atoms with E-state index in [9.17, 15) is 8.42 Å². The van der Waals surface area contributed by atoms with Crippen molar-refractivity contribution in [3.63, 3.8) is 0 Å². The van der Waals surface area contributed by atoms with E-state index in [4.69, 9.17) is 15.2 Å². The molecule has 1 aliphatic carbocycles. The van der Waals surface area contributed by atoms with Crippen molar-refractivity contribution >= 4 is 15.7 Å². The lowest BCUT2D eigenvalue weighted by Gasteiger charge is -2.20. The summed E-state index contributed by atoms with van der Waals surface area (Å²) in [5.74, 6) is 0.293. The molecule has 1 saturated carbocycles. The van der Waals surface area contributed by atoms with Crippen LogP contribution in [0.1, 0.15) is 24.8 Å². The Labute approximate surface area is 125 Å². The number of benzene rings is 1. The average Bonchev–Trinajstić information content (AvgIpc) is 2.87. The van der Waals surface area contributed by atoms with Crippen LogP contribution in [0.3, 0.4) is 0 Å². The molecule has 0 bridgehead atoms. The average molecular weight is 314 g/mol. The van der Waals surface area contributed by atoms with Crippen molar-refractivity contribution < 1.29 is 17.9 Å². The Morgan fingerprint density at radius 2 is 2.00 bits per heavy atom. The van der Waals surface area contributed by atoms with Gasteiger partial charge in [-0.1, -0.05) is 0 Å². The number of ether oxygens (including phenoxy) is 2. The third kappa shape index (κ3) is 3.30. The molecule has 2 unspecified atom stereocenters. The van der Waals surface area contributed by atoms with Gasteiger partial charge < -0.3 is 15.2 Å². The molecule has 6 nitrogen and oxygen atoms in total. The highest BCUT2D eigenvalue weighted by Crippen LogP contribution is 2.30. The van der Waals surface area contributed by atoms with Crippen LogP contribution in [0.5, 0.6) is 5.75 Å². The topological polar surface area (TPSA) is 90.7 Å². The number of aryl methyl sites for hydroxylation is 1. The molecule has 0 radical (unpaired) electrons. The molecule has 118 valence electrons. The van der Waals surface area contributed by atoms with E-state index in [1.807, 2.05) is 0 Å². The van der Waals surface area contributed by atoms with Crippen molar-refractivity contribution in [3.8, 4) is 5.75 Å².